The maximum atomic E-state index is 12.8. The third kappa shape index (κ3) is 3.28. The van der Waals surface area contributed by atoms with Crippen LogP contribution in [0.2, 0.25) is 0 Å². The Balaban J connectivity index is 1.45. The van der Waals surface area contributed by atoms with Crippen LogP contribution in [0.5, 0.6) is 17.2 Å². The molecule has 0 saturated heterocycles. The summed E-state index contributed by atoms with van der Waals surface area (Å²) in [6.07, 6.45) is 0. The molecule has 0 atom stereocenters. The van der Waals surface area contributed by atoms with Crippen molar-refractivity contribution in [3.63, 3.8) is 0 Å². The lowest BCUT2D eigenvalue weighted by molar-refractivity contribution is 0.0947. The summed E-state index contributed by atoms with van der Waals surface area (Å²) in [5.74, 6) is 1.34. The molecule has 0 aliphatic carbocycles. The van der Waals surface area contributed by atoms with Crippen LogP contribution in [-0.4, -0.2) is 25.9 Å². The number of halogens is 1. The monoisotopic (exact) mass is 303 g/mol. The van der Waals surface area contributed by atoms with Gasteiger partial charge in [-0.25, -0.2) is 4.39 Å². The van der Waals surface area contributed by atoms with Crippen molar-refractivity contribution in [3.8, 4) is 17.2 Å². The highest BCUT2D eigenvalue weighted by Crippen LogP contribution is 2.34. The molecule has 0 unspecified atom stereocenters. The molecule has 6 heteroatoms. The van der Waals surface area contributed by atoms with Crippen molar-refractivity contribution in [1.29, 1.82) is 0 Å². The van der Waals surface area contributed by atoms with E-state index in [1.54, 1.807) is 18.2 Å². The molecule has 0 fully saturated rings. The van der Waals surface area contributed by atoms with E-state index in [0.29, 0.717) is 36.0 Å². The van der Waals surface area contributed by atoms with Gasteiger partial charge in [0.1, 0.15) is 18.2 Å². The molecule has 1 heterocycles. The van der Waals surface area contributed by atoms with Crippen molar-refractivity contribution >= 4 is 5.91 Å². The van der Waals surface area contributed by atoms with E-state index in [2.05, 4.69) is 5.32 Å². The second-order valence-corrected chi connectivity index (χ2v) is 4.63. The van der Waals surface area contributed by atoms with Crippen LogP contribution in [0, 0.1) is 5.82 Å². The van der Waals surface area contributed by atoms with Gasteiger partial charge in [0.15, 0.2) is 11.5 Å². The lowest BCUT2D eigenvalue weighted by Crippen LogP contribution is -2.28. The number of hydrogen-bond acceptors (Lipinski definition) is 4. The van der Waals surface area contributed by atoms with E-state index in [-0.39, 0.29) is 18.5 Å². The highest BCUT2D eigenvalue weighted by molar-refractivity contribution is 5.94. The molecule has 0 aromatic heterocycles. The van der Waals surface area contributed by atoms with Gasteiger partial charge in [-0.15, -0.1) is 0 Å². The molecule has 1 aliphatic heterocycles. The molecular formula is C16H14FNO4. The molecule has 114 valence electrons. The maximum Gasteiger partial charge on any atom is 0.251 e. The van der Waals surface area contributed by atoms with Crippen molar-refractivity contribution < 1.29 is 23.4 Å². The molecule has 1 N–H and O–H groups in total. The van der Waals surface area contributed by atoms with E-state index in [4.69, 9.17) is 14.2 Å². The van der Waals surface area contributed by atoms with Gasteiger partial charge in [0.05, 0.1) is 6.54 Å². The third-order valence-corrected chi connectivity index (χ3v) is 3.11. The van der Waals surface area contributed by atoms with E-state index in [1.807, 2.05) is 0 Å². The first-order valence-electron chi connectivity index (χ1n) is 6.78. The summed E-state index contributed by atoms with van der Waals surface area (Å²) in [5.41, 5.74) is 0.407. The topological polar surface area (TPSA) is 56.8 Å². The number of fused-ring (bicyclic) bond motifs is 1. The van der Waals surface area contributed by atoms with Crippen molar-refractivity contribution in [2.24, 2.45) is 0 Å². The van der Waals surface area contributed by atoms with E-state index in [0.717, 1.165) is 0 Å². The van der Waals surface area contributed by atoms with Crippen LogP contribution in [0.1, 0.15) is 10.4 Å². The largest absolute Gasteiger partial charge is 0.492 e. The predicted octanol–water partition coefficient (Wildman–Crippen LogP) is 2.36. The lowest BCUT2D eigenvalue weighted by atomic mass is 10.2. The molecule has 0 radical (unpaired) electrons. The quantitative estimate of drug-likeness (QED) is 0.862. The predicted molar refractivity (Wildman–Crippen MR) is 76.8 cm³/mol. The summed E-state index contributed by atoms with van der Waals surface area (Å²) in [4.78, 5) is 11.8. The van der Waals surface area contributed by atoms with Crippen LogP contribution < -0.4 is 19.5 Å². The Morgan fingerprint density at radius 2 is 1.91 bits per heavy atom. The fourth-order valence-electron chi connectivity index (χ4n) is 2.00. The molecule has 2 aromatic rings. The summed E-state index contributed by atoms with van der Waals surface area (Å²) < 4.78 is 28.7. The molecule has 0 bridgehead atoms. The highest BCUT2D eigenvalue weighted by Gasteiger charge is 2.13. The van der Waals surface area contributed by atoms with Gasteiger partial charge in [-0.05, 0) is 36.4 Å². The minimum absolute atomic E-state index is 0.215. The van der Waals surface area contributed by atoms with E-state index >= 15 is 0 Å². The van der Waals surface area contributed by atoms with Crippen molar-refractivity contribution in [1.82, 2.24) is 5.32 Å². The van der Waals surface area contributed by atoms with Crippen molar-refractivity contribution in [3.05, 3.63) is 53.8 Å². The van der Waals surface area contributed by atoms with Crippen LogP contribution >= 0.6 is 0 Å². The van der Waals surface area contributed by atoms with Crippen LogP contribution in [0.4, 0.5) is 4.39 Å². The Morgan fingerprint density at radius 3 is 2.73 bits per heavy atom. The Kier molecular flexibility index (Phi) is 4.09. The third-order valence-electron chi connectivity index (χ3n) is 3.11. The molecule has 1 amide bonds. The first kappa shape index (κ1) is 14.2. The van der Waals surface area contributed by atoms with Gasteiger partial charge in [0.2, 0.25) is 6.79 Å². The normalized spacial score (nSPS) is 12.0. The minimum atomic E-state index is -0.373. The van der Waals surface area contributed by atoms with Gasteiger partial charge in [0.25, 0.3) is 5.91 Å². The summed E-state index contributed by atoms with van der Waals surface area (Å²) in [5, 5.41) is 2.70. The summed E-state index contributed by atoms with van der Waals surface area (Å²) >= 11 is 0. The fourth-order valence-corrected chi connectivity index (χ4v) is 2.00. The molecule has 1 aliphatic rings. The SMILES string of the molecule is O=C(NCCOc1ccc2c(c1)OCO2)c1ccc(F)cc1. The maximum absolute atomic E-state index is 12.8. The second kappa shape index (κ2) is 6.34. The molecule has 5 nitrogen and oxygen atoms in total. The number of carbonyl (C=O) groups is 1. The zero-order chi connectivity index (χ0) is 15.4. The first-order valence-corrected chi connectivity index (χ1v) is 6.78. The Morgan fingerprint density at radius 1 is 1.14 bits per heavy atom. The zero-order valence-corrected chi connectivity index (χ0v) is 11.7. The van der Waals surface area contributed by atoms with Crippen LogP contribution in [-0.2, 0) is 0 Å². The number of benzene rings is 2. The number of ether oxygens (including phenoxy) is 3. The number of carbonyl (C=O) groups excluding carboxylic acids is 1. The average molecular weight is 303 g/mol. The molecule has 3 rings (SSSR count). The molecule has 0 saturated carbocycles. The Hall–Kier alpha value is -2.76. The highest BCUT2D eigenvalue weighted by atomic mass is 19.1. The molecule has 22 heavy (non-hydrogen) atoms. The number of amides is 1. The van der Waals surface area contributed by atoms with Crippen LogP contribution in [0.3, 0.4) is 0 Å². The molecular weight excluding hydrogens is 289 g/mol. The number of rotatable bonds is 5. The standard InChI is InChI=1S/C16H14FNO4/c17-12-3-1-11(2-4-12)16(19)18-7-8-20-13-5-6-14-15(9-13)22-10-21-14/h1-6,9H,7-8,10H2,(H,18,19). The first-order chi connectivity index (χ1) is 10.7. The van der Waals surface area contributed by atoms with Crippen molar-refractivity contribution in [2.45, 2.75) is 0 Å². The second-order valence-electron chi connectivity index (χ2n) is 4.63. The van der Waals surface area contributed by atoms with E-state index in [1.165, 1.54) is 24.3 Å². The molecule has 2 aromatic carbocycles. The lowest BCUT2D eigenvalue weighted by Gasteiger charge is -2.08. The Labute approximate surface area is 126 Å². The van der Waals surface area contributed by atoms with Crippen LogP contribution in [0.15, 0.2) is 42.5 Å². The van der Waals surface area contributed by atoms with Crippen LogP contribution in [0.25, 0.3) is 0 Å². The van der Waals surface area contributed by atoms with Gasteiger partial charge >= 0.3 is 0 Å². The van der Waals surface area contributed by atoms with Gasteiger partial charge in [-0.1, -0.05) is 0 Å². The van der Waals surface area contributed by atoms with Gasteiger partial charge in [-0.3, -0.25) is 4.79 Å². The zero-order valence-electron chi connectivity index (χ0n) is 11.7. The minimum Gasteiger partial charge on any atom is -0.492 e. The van der Waals surface area contributed by atoms with Crippen molar-refractivity contribution in [2.75, 3.05) is 19.9 Å². The summed E-state index contributed by atoms with van der Waals surface area (Å²) in [6.45, 7) is 0.865. The molecule has 0 spiro atoms. The van der Waals surface area contributed by atoms with Gasteiger partial charge < -0.3 is 19.5 Å². The average Bonchev–Trinajstić information content (AvgIpc) is 2.99. The number of nitrogens with one attached hydrogen (secondary N) is 1. The Bertz CT molecular complexity index is 672. The van der Waals surface area contributed by atoms with E-state index < -0.39 is 0 Å². The fraction of sp³-hybridized carbons (Fsp3) is 0.188. The van der Waals surface area contributed by atoms with E-state index in [9.17, 15) is 9.18 Å². The summed E-state index contributed by atoms with van der Waals surface area (Å²) in [7, 11) is 0. The van der Waals surface area contributed by atoms with Gasteiger partial charge in [-0.2, -0.15) is 0 Å². The summed E-state index contributed by atoms with van der Waals surface area (Å²) in [6, 6.07) is 10.6. The number of hydrogen-bond donors (Lipinski definition) is 1. The van der Waals surface area contributed by atoms with Gasteiger partial charge in [0, 0.05) is 11.6 Å². The smallest absolute Gasteiger partial charge is 0.251 e.